The summed E-state index contributed by atoms with van der Waals surface area (Å²) >= 11 is 0. The predicted octanol–water partition coefficient (Wildman–Crippen LogP) is 3.02. The highest BCUT2D eigenvalue weighted by Gasteiger charge is 2.10. The van der Waals surface area contributed by atoms with E-state index in [-0.39, 0.29) is 6.42 Å². The zero-order chi connectivity index (χ0) is 14.3. The first-order chi connectivity index (χ1) is 9.02. The third kappa shape index (κ3) is 5.64. The van der Waals surface area contributed by atoms with Crippen molar-refractivity contribution in [3.63, 3.8) is 0 Å². The third-order valence-electron chi connectivity index (χ3n) is 2.99. The van der Waals surface area contributed by atoms with E-state index in [1.165, 1.54) is 0 Å². The van der Waals surface area contributed by atoms with E-state index in [1.54, 1.807) is 7.11 Å². The van der Waals surface area contributed by atoms with Crippen molar-refractivity contribution < 1.29 is 14.6 Å². The lowest BCUT2D eigenvalue weighted by molar-refractivity contribution is -0.136. The van der Waals surface area contributed by atoms with Gasteiger partial charge in [-0.25, -0.2) is 0 Å². The Morgan fingerprint density at radius 2 is 2.11 bits per heavy atom. The number of carbonyl (C=O) groups is 1. The Balaban J connectivity index is 2.77. The molecule has 1 N–H and O–H groups in total. The van der Waals surface area contributed by atoms with Crippen LogP contribution in [0.25, 0.3) is 0 Å². The SMILES string of the molecule is COc1cccc(N(CCC(=O)O)CCC(C)C)c1. The average Bonchev–Trinajstić information content (AvgIpc) is 2.38. The van der Waals surface area contributed by atoms with E-state index in [2.05, 4.69) is 18.7 Å². The Bertz CT molecular complexity index is 404. The van der Waals surface area contributed by atoms with E-state index in [9.17, 15) is 4.79 Å². The number of anilines is 1. The van der Waals surface area contributed by atoms with Crippen LogP contribution < -0.4 is 9.64 Å². The van der Waals surface area contributed by atoms with Crippen molar-refractivity contribution in [2.45, 2.75) is 26.7 Å². The van der Waals surface area contributed by atoms with Crippen molar-refractivity contribution in [1.29, 1.82) is 0 Å². The summed E-state index contributed by atoms with van der Waals surface area (Å²) in [6.45, 7) is 5.72. The molecule has 0 heterocycles. The maximum Gasteiger partial charge on any atom is 0.305 e. The zero-order valence-corrected chi connectivity index (χ0v) is 11.9. The number of ether oxygens (including phenoxy) is 1. The molecule has 0 aliphatic carbocycles. The highest BCUT2D eigenvalue weighted by Crippen LogP contribution is 2.22. The second kappa shape index (κ2) is 7.67. The fraction of sp³-hybridized carbons (Fsp3) is 0.533. The van der Waals surface area contributed by atoms with Crippen LogP contribution >= 0.6 is 0 Å². The van der Waals surface area contributed by atoms with Gasteiger partial charge in [-0.15, -0.1) is 0 Å². The predicted molar refractivity (Wildman–Crippen MR) is 76.9 cm³/mol. The second-order valence-electron chi connectivity index (χ2n) is 5.01. The van der Waals surface area contributed by atoms with Gasteiger partial charge in [0, 0.05) is 24.8 Å². The minimum atomic E-state index is -0.766. The van der Waals surface area contributed by atoms with Gasteiger partial charge in [-0.05, 0) is 24.5 Å². The number of carboxylic acid groups (broad SMARTS) is 1. The number of hydrogen-bond donors (Lipinski definition) is 1. The molecule has 0 atom stereocenters. The van der Waals surface area contributed by atoms with Gasteiger partial charge in [-0.1, -0.05) is 19.9 Å². The molecule has 0 saturated carbocycles. The molecule has 0 amide bonds. The number of nitrogens with zero attached hydrogens (tertiary/aromatic N) is 1. The lowest BCUT2D eigenvalue weighted by atomic mass is 10.1. The summed E-state index contributed by atoms with van der Waals surface area (Å²) in [6.07, 6.45) is 1.19. The van der Waals surface area contributed by atoms with Crippen molar-refractivity contribution in [2.24, 2.45) is 5.92 Å². The number of aliphatic carboxylic acids is 1. The first kappa shape index (κ1) is 15.3. The lowest BCUT2D eigenvalue weighted by Gasteiger charge is -2.25. The Labute approximate surface area is 115 Å². The van der Waals surface area contributed by atoms with Gasteiger partial charge in [0.1, 0.15) is 5.75 Å². The quantitative estimate of drug-likeness (QED) is 0.785. The van der Waals surface area contributed by atoms with Crippen LogP contribution in [-0.2, 0) is 4.79 Å². The Morgan fingerprint density at radius 1 is 1.37 bits per heavy atom. The van der Waals surface area contributed by atoms with E-state index in [4.69, 9.17) is 9.84 Å². The van der Waals surface area contributed by atoms with Gasteiger partial charge in [0.25, 0.3) is 0 Å². The first-order valence-corrected chi connectivity index (χ1v) is 6.63. The molecule has 0 aliphatic rings. The number of methoxy groups -OCH3 is 1. The molecule has 106 valence electrons. The molecule has 0 aliphatic heterocycles. The molecule has 4 nitrogen and oxygen atoms in total. The number of rotatable bonds is 8. The lowest BCUT2D eigenvalue weighted by Crippen LogP contribution is -2.28. The Kier molecular flexibility index (Phi) is 6.19. The molecule has 1 aromatic rings. The summed E-state index contributed by atoms with van der Waals surface area (Å²) in [5.41, 5.74) is 1.02. The van der Waals surface area contributed by atoms with Crippen molar-refractivity contribution in [2.75, 3.05) is 25.1 Å². The standard InChI is InChI=1S/C15H23NO3/c1-12(2)7-9-16(10-8-15(17)18)13-5-4-6-14(11-13)19-3/h4-6,11-12H,7-10H2,1-3H3,(H,17,18). The van der Waals surface area contributed by atoms with Crippen LogP contribution in [0.15, 0.2) is 24.3 Å². The molecule has 0 unspecified atom stereocenters. The summed E-state index contributed by atoms with van der Waals surface area (Å²) in [5.74, 6) is 0.623. The minimum Gasteiger partial charge on any atom is -0.497 e. The van der Waals surface area contributed by atoms with Gasteiger partial charge in [0.05, 0.1) is 13.5 Å². The van der Waals surface area contributed by atoms with Crippen molar-refractivity contribution >= 4 is 11.7 Å². The van der Waals surface area contributed by atoms with E-state index in [1.807, 2.05) is 24.3 Å². The van der Waals surface area contributed by atoms with E-state index in [0.717, 1.165) is 24.4 Å². The van der Waals surface area contributed by atoms with Crippen LogP contribution in [0, 0.1) is 5.92 Å². The van der Waals surface area contributed by atoms with Gasteiger partial charge in [0.15, 0.2) is 0 Å². The molecule has 0 spiro atoms. The maximum absolute atomic E-state index is 10.7. The van der Waals surface area contributed by atoms with Gasteiger partial charge in [0.2, 0.25) is 0 Å². The van der Waals surface area contributed by atoms with Crippen LogP contribution in [0.4, 0.5) is 5.69 Å². The summed E-state index contributed by atoms with van der Waals surface area (Å²) in [6, 6.07) is 7.76. The molecule has 1 rings (SSSR count). The zero-order valence-electron chi connectivity index (χ0n) is 11.9. The van der Waals surface area contributed by atoms with Crippen molar-refractivity contribution in [1.82, 2.24) is 0 Å². The van der Waals surface area contributed by atoms with E-state index in [0.29, 0.717) is 12.5 Å². The van der Waals surface area contributed by atoms with Gasteiger partial charge in [-0.3, -0.25) is 4.79 Å². The summed E-state index contributed by atoms with van der Waals surface area (Å²) in [4.78, 5) is 12.9. The topological polar surface area (TPSA) is 49.8 Å². The largest absolute Gasteiger partial charge is 0.497 e. The first-order valence-electron chi connectivity index (χ1n) is 6.63. The average molecular weight is 265 g/mol. The smallest absolute Gasteiger partial charge is 0.305 e. The highest BCUT2D eigenvalue weighted by molar-refractivity contribution is 5.67. The molecule has 1 aromatic carbocycles. The number of carboxylic acids is 1. The number of hydrogen-bond acceptors (Lipinski definition) is 3. The highest BCUT2D eigenvalue weighted by atomic mass is 16.5. The van der Waals surface area contributed by atoms with E-state index < -0.39 is 5.97 Å². The van der Waals surface area contributed by atoms with Gasteiger partial charge in [-0.2, -0.15) is 0 Å². The summed E-state index contributed by atoms with van der Waals surface area (Å²) in [5, 5.41) is 8.84. The molecular formula is C15H23NO3. The van der Waals surface area contributed by atoms with Gasteiger partial charge < -0.3 is 14.7 Å². The van der Waals surface area contributed by atoms with Crippen molar-refractivity contribution in [3.8, 4) is 5.75 Å². The monoisotopic (exact) mass is 265 g/mol. The van der Waals surface area contributed by atoms with Crippen LogP contribution in [-0.4, -0.2) is 31.3 Å². The molecule has 0 radical (unpaired) electrons. The summed E-state index contributed by atoms with van der Waals surface area (Å²) < 4.78 is 5.21. The molecule has 0 saturated heterocycles. The molecule has 4 heteroatoms. The molecule has 0 fully saturated rings. The second-order valence-corrected chi connectivity index (χ2v) is 5.01. The van der Waals surface area contributed by atoms with E-state index >= 15 is 0 Å². The molecule has 19 heavy (non-hydrogen) atoms. The molecule has 0 aromatic heterocycles. The van der Waals surface area contributed by atoms with Gasteiger partial charge >= 0.3 is 5.97 Å². The van der Waals surface area contributed by atoms with Crippen LogP contribution in [0.1, 0.15) is 26.7 Å². The Morgan fingerprint density at radius 3 is 2.68 bits per heavy atom. The van der Waals surface area contributed by atoms with Crippen LogP contribution in [0.5, 0.6) is 5.75 Å². The van der Waals surface area contributed by atoms with Crippen molar-refractivity contribution in [3.05, 3.63) is 24.3 Å². The fourth-order valence-corrected chi connectivity index (χ4v) is 1.82. The summed E-state index contributed by atoms with van der Waals surface area (Å²) in [7, 11) is 1.63. The normalized spacial score (nSPS) is 10.5. The fourth-order valence-electron chi connectivity index (χ4n) is 1.82. The third-order valence-corrected chi connectivity index (χ3v) is 2.99. The van der Waals surface area contributed by atoms with Crippen LogP contribution in [0.3, 0.4) is 0 Å². The minimum absolute atomic E-state index is 0.148. The molecular weight excluding hydrogens is 242 g/mol. The number of benzene rings is 1. The molecule has 0 bridgehead atoms. The Hall–Kier alpha value is -1.71. The maximum atomic E-state index is 10.7. The van der Waals surface area contributed by atoms with Crippen LogP contribution in [0.2, 0.25) is 0 Å².